The molecule has 0 bridgehead atoms. The number of nitriles is 2. The maximum absolute atomic E-state index is 12.6. The van der Waals surface area contributed by atoms with Gasteiger partial charge in [-0.05, 0) is 29.8 Å². The third-order valence-electron chi connectivity index (χ3n) is 4.22. The SMILES string of the molecule is N#CC1(C#N)[C@H](C(=O)c2ccco2)[C@H]1c1ccc(C(F)(F)F)cc1. The van der Waals surface area contributed by atoms with Gasteiger partial charge in [0.15, 0.2) is 11.2 Å². The van der Waals surface area contributed by atoms with E-state index in [-0.39, 0.29) is 5.76 Å². The molecular formula is C17H9F3N2O2. The minimum absolute atomic E-state index is 0.0179. The Labute approximate surface area is 134 Å². The minimum atomic E-state index is -4.48. The van der Waals surface area contributed by atoms with Crippen LogP contribution in [0.1, 0.15) is 27.6 Å². The van der Waals surface area contributed by atoms with Gasteiger partial charge in [0, 0.05) is 5.92 Å². The van der Waals surface area contributed by atoms with Gasteiger partial charge in [-0.15, -0.1) is 0 Å². The highest BCUT2D eigenvalue weighted by atomic mass is 19.4. The summed E-state index contributed by atoms with van der Waals surface area (Å²) in [6.07, 6.45) is -3.18. The smallest absolute Gasteiger partial charge is 0.416 e. The fourth-order valence-corrected chi connectivity index (χ4v) is 2.96. The molecule has 1 aromatic carbocycles. The molecular weight excluding hydrogens is 321 g/mol. The first-order valence-corrected chi connectivity index (χ1v) is 6.92. The fraction of sp³-hybridized carbons (Fsp3) is 0.235. The van der Waals surface area contributed by atoms with E-state index in [0.717, 1.165) is 12.1 Å². The number of rotatable bonds is 3. The predicted octanol–water partition coefficient (Wildman–Crippen LogP) is 3.93. The molecule has 0 aliphatic heterocycles. The molecule has 24 heavy (non-hydrogen) atoms. The molecule has 0 unspecified atom stereocenters. The van der Waals surface area contributed by atoms with Crippen LogP contribution in [-0.2, 0) is 6.18 Å². The van der Waals surface area contributed by atoms with Crippen LogP contribution in [0.25, 0.3) is 0 Å². The van der Waals surface area contributed by atoms with Crippen molar-refractivity contribution in [3.05, 3.63) is 59.5 Å². The van der Waals surface area contributed by atoms with Gasteiger partial charge >= 0.3 is 6.18 Å². The van der Waals surface area contributed by atoms with Gasteiger partial charge in [0.05, 0.1) is 29.9 Å². The number of furan rings is 1. The molecule has 7 heteroatoms. The van der Waals surface area contributed by atoms with Gasteiger partial charge in [-0.2, -0.15) is 23.7 Å². The third-order valence-corrected chi connectivity index (χ3v) is 4.22. The monoisotopic (exact) mass is 330 g/mol. The molecule has 0 amide bonds. The molecule has 3 rings (SSSR count). The van der Waals surface area contributed by atoms with E-state index >= 15 is 0 Å². The summed E-state index contributed by atoms with van der Waals surface area (Å²) in [6, 6.07) is 10.8. The van der Waals surface area contributed by atoms with Gasteiger partial charge in [0.1, 0.15) is 0 Å². The first kappa shape index (κ1) is 15.8. The van der Waals surface area contributed by atoms with Crippen molar-refractivity contribution in [1.29, 1.82) is 10.5 Å². The Morgan fingerprint density at radius 2 is 1.75 bits per heavy atom. The topological polar surface area (TPSA) is 77.8 Å². The molecule has 1 aliphatic rings. The Morgan fingerprint density at radius 1 is 1.12 bits per heavy atom. The highest BCUT2D eigenvalue weighted by molar-refractivity contribution is 6.00. The summed E-state index contributed by atoms with van der Waals surface area (Å²) in [5.41, 5.74) is -2.08. The molecule has 2 atom stereocenters. The van der Waals surface area contributed by atoms with Gasteiger partial charge < -0.3 is 4.42 Å². The van der Waals surface area contributed by atoms with Crippen molar-refractivity contribution in [2.24, 2.45) is 11.3 Å². The molecule has 2 aromatic rings. The lowest BCUT2D eigenvalue weighted by Gasteiger charge is -2.07. The summed E-state index contributed by atoms with van der Waals surface area (Å²) in [7, 11) is 0. The van der Waals surface area contributed by atoms with E-state index in [1.54, 1.807) is 0 Å². The Hall–Kier alpha value is -3.06. The van der Waals surface area contributed by atoms with Crippen LogP contribution in [0, 0.1) is 34.0 Å². The lowest BCUT2D eigenvalue weighted by molar-refractivity contribution is -0.137. The number of halogens is 3. The van der Waals surface area contributed by atoms with E-state index in [0.29, 0.717) is 5.56 Å². The van der Waals surface area contributed by atoms with E-state index in [1.165, 1.54) is 30.5 Å². The first-order valence-electron chi connectivity index (χ1n) is 6.92. The highest BCUT2D eigenvalue weighted by Gasteiger charge is 2.71. The van der Waals surface area contributed by atoms with Gasteiger partial charge in [0.25, 0.3) is 0 Å². The Bertz CT molecular complexity index is 841. The minimum Gasteiger partial charge on any atom is -0.461 e. The molecule has 0 radical (unpaired) electrons. The first-order chi connectivity index (χ1) is 11.3. The van der Waals surface area contributed by atoms with Crippen molar-refractivity contribution in [3.63, 3.8) is 0 Å². The molecule has 1 saturated carbocycles. The van der Waals surface area contributed by atoms with Crippen molar-refractivity contribution in [2.75, 3.05) is 0 Å². The number of hydrogen-bond acceptors (Lipinski definition) is 4. The molecule has 1 fully saturated rings. The van der Waals surface area contributed by atoms with Crippen LogP contribution in [0.4, 0.5) is 13.2 Å². The van der Waals surface area contributed by atoms with Crippen molar-refractivity contribution >= 4 is 5.78 Å². The molecule has 1 heterocycles. The molecule has 0 saturated heterocycles. The molecule has 1 aromatic heterocycles. The summed E-state index contributed by atoms with van der Waals surface area (Å²) < 4.78 is 42.9. The van der Waals surface area contributed by atoms with Gasteiger partial charge in [-0.25, -0.2) is 0 Å². The lowest BCUT2D eigenvalue weighted by atomic mass is 10.0. The Morgan fingerprint density at radius 3 is 2.21 bits per heavy atom. The largest absolute Gasteiger partial charge is 0.461 e. The van der Waals surface area contributed by atoms with Crippen LogP contribution in [0.15, 0.2) is 47.1 Å². The quantitative estimate of drug-likeness (QED) is 0.799. The van der Waals surface area contributed by atoms with Crippen LogP contribution in [0.3, 0.4) is 0 Å². The maximum Gasteiger partial charge on any atom is 0.416 e. The summed E-state index contributed by atoms with van der Waals surface area (Å²) in [5, 5.41) is 18.7. The Balaban J connectivity index is 1.96. The number of Topliss-reactive ketones (excluding diaryl/α,β-unsaturated/α-hetero) is 1. The zero-order chi connectivity index (χ0) is 17.5. The Kier molecular flexibility index (Phi) is 3.46. The van der Waals surface area contributed by atoms with E-state index in [1.807, 2.05) is 12.1 Å². The molecule has 0 spiro atoms. The van der Waals surface area contributed by atoms with Crippen LogP contribution < -0.4 is 0 Å². The standard InChI is InChI=1S/C17H9F3N2O2/c18-17(19,20)11-5-3-10(4-6-11)13-14(16(13,8-21)9-22)15(23)12-2-1-7-24-12/h1-7,13-14H/t13-,14+/m1/s1. The van der Waals surface area contributed by atoms with Crippen LogP contribution in [0.5, 0.6) is 0 Å². The number of nitrogens with zero attached hydrogens (tertiary/aromatic N) is 2. The maximum atomic E-state index is 12.6. The predicted molar refractivity (Wildman–Crippen MR) is 74.4 cm³/mol. The summed E-state index contributed by atoms with van der Waals surface area (Å²) in [4.78, 5) is 12.4. The normalized spacial score (nSPS) is 21.5. The number of alkyl halides is 3. The third kappa shape index (κ3) is 2.26. The number of carbonyl (C=O) groups excluding carboxylic acids is 1. The number of carbonyl (C=O) groups is 1. The van der Waals surface area contributed by atoms with Crippen molar-refractivity contribution in [3.8, 4) is 12.1 Å². The molecule has 0 N–H and O–H groups in total. The lowest BCUT2D eigenvalue weighted by Crippen LogP contribution is -2.07. The fourth-order valence-electron chi connectivity index (χ4n) is 2.96. The summed E-state index contributed by atoms with van der Waals surface area (Å²) in [5.74, 6) is -2.24. The van der Waals surface area contributed by atoms with Crippen LogP contribution >= 0.6 is 0 Å². The zero-order valence-corrected chi connectivity index (χ0v) is 12.0. The second-order valence-corrected chi connectivity index (χ2v) is 5.51. The van der Waals surface area contributed by atoms with Crippen molar-refractivity contribution in [2.45, 2.75) is 12.1 Å². The second-order valence-electron chi connectivity index (χ2n) is 5.51. The van der Waals surface area contributed by atoms with Crippen molar-refractivity contribution in [1.82, 2.24) is 0 Å². The number of hydrogen-bond donors (Lipinski definition) is 0. The molecule has 120 valence electrons. The van der Waals surface area contributed by atoms with E-state index in [2.05, 4.69) is 0 Å². The van der Waals surface area contributed by atoms with E-state index in [4.69, 9.17) is 4.42 Å². The van der Waals surface area contributed by atoms with Gasteiger partial charge in [-0.3, -0.25) is 4.79 Å². The van der Waals surface area contributed by atoms with E-state index < -0.39 is 34.8 Å². The van der Waals surface area contributed by atoms with Crippen LogP contribution in [0.2, 0.25) is 0 Å². The van der Waals surface area contributed by atoms with Gasteiger partial charge in [0.2, 0.25) is 5.78 Å². The molecule has 1 aliphatic carbocycles. The zero-order valence-electron chi connectivity index (χ0n) is 12.0. The number of ketones is 1. The summed E-state index contributed by atoms with van der Waals surface area (Å²) in [6.45, 7) is 0. The highest BCUT2D eigenvalue weighted by Crippen LogP contribution is 2.65. The average Bonchev–Trinajstić information content (AvgIpc) is 2.91. The second kappa shape index (κ2) is 5.24. The summed E-state index contributed by atoms with van der Waals surface area (Å²) >= 11 is 0. The van der Waals surface area contributed by atoms with Gasteiger partial charge in [-0.1, -0.05) is 12.1 Å². The van der Waals surface area contributed by atoms with E-state index in [9.17, 15) is 28.5 Å². The average molecular weight is 330 g/mol. The number of benzene rings is 1. The molecule has 4 nitrogen and oxygen atoms in total. The van der Waals surface area contributed by atoms with Crippen molar-refractivity contribution < 1.29 is 22.4 Å². The van der Waals surface area contributed by atoms with Crippen LogP contribution in [-0.4, -0.2) is 5.78 Å².